The highest BCUT2D eigenvalue weighted by Gasteiger charge is 2.28. The van der Waals surface area contributed by atoms with Crippen molar-refractivity contribution in [3.8, 4) is 22.4 Å². The largest absolute Gasteiger partial charge is 0.328 e. The molecule has 1 fully saturated rings. The number of amides is 1. The van der Waals surface area contributed by atoms with Crippen LogP contribution in [0.2, 0.25) is 0 Å². The van der Waals surface area contributed by atoms with E-state index in [2.05, 4.69) is 32.4 Å². The molecule has 0 radical (unpaired) electrons. The zero-order chi connectivity index (χ0) is 26.8. The van der Waals surface area contributed by atoms with Crippen LogP contribution in [-0.2, 0) is 0 Å². The molecule has 10 heteroatoms. The lowest BCUT2D eigenvalue weighted by Gasteiger charge is -2.32. The Balaban J connectivity index is 1.45. The van der Waals surface area contributed by atoms with Crippen LogP contribution in [0.15, 0.2) is 61.2 Å². The highest BCUT2D eigenvalue weighted by molar-refractivity contribution is 6.03. The van der Waals surface area contributed by atoms with Gasteiger partial charge in [-0.15, -0.1) is 0 Å². The van der Waals surface area contributed by atoms with Gasteiger partial charge in [0.1, 0.15) is 28.8 Å². The average molecular weight is 519 g/mol. The number of pyridine rings is 2. The van der Waals surface area contributed by atoms with Crippen molar-refractivity contribution in [2.45, 2.75) is 38.1 Å². The van der Waals surface area contributed by atoms with Crippen molar-refractivity contribution in [2.75, 3.05) is 5.32 Å². The molecule has 0 aliphatic heterocycles. The molecule has 0 unspecified atom stereocenters. The molecule has 3 N–H and O–H groups in total. The number of hydrogen-bond donors (Lipinski definition) is 2. The minimum atomic E-state index is -1.03. The van der Waals surface area contributed by atoms with Crippen molar-refractivity contribution < 1.29 is 18.0 Å². The molecule has 1 aliphatic carbocycles. The van der Waals surface area contributed by atoms with E-state index < -0.39 is 34.6 Å². The molecule has 0 saturated heterocycles. The van der Waals surface area contributed by atoms with Crippen molar-refractivity contribution in [1.29, 1.82) is 0 Å². The fourth-order valence-corrected chi connectivity index (χ4v) is 5.13. The Morgan fingerprint density at radius 2 is 1.71 bits per heavy atom. The third-order valence-corrected chi connectivity index (χ3v) is 6.80. The Morgan fingerprint density at radius 3 is 2.42 bits per heavy atom. The Morgan fingerprint density at radius 1 is 0.921 bits per heavy atom. The summed E-state index contributed by atoms with van der Waals surface area (Å²) < 4.78 is 44.9. The van der Waals surface area contributed by atoms with Gasteiger partial charge in [0.2, 0.25) is 0 Å². The van der Waals surface area contributed by atoms with E-state index in [0.717, 1.165) is 49.1 Å². The van der Waals surface area contributed by atoms with Crippen LogP contribution < -0.4 is 11.1 Å². The maximum absolute atomic E-state index is 15.1. The summed E-state index contributed by atoms with van der Waals surface area (Å²) in [7, 11) is 0. The van der Waals surface area contributed by atoms with Crippen LogP contribution >= 0.6 is 0 Å². The highest BCUT2D eigenvalue weighted by atomic mass is 19.1. The first-order valence-electron chi connectivity index (χ1n) is 12.2. The fourth-order valence-electron chi connectivity index (χ4n) is 5.13. The van der Waals surface area contributed by atoms with Crippen LogP contribution in [0.4, 0.5) is 18.9 Å². The second-order valence-electron chi connectivity index (χ2n) is 9.66. The maximum atomic E-state index is 15.1. The molecule has 3 heterocycles. The van der Waals surface area contributed by atoms with E-state index in [9.17, 15) is 9.18 Å². The lowest BCUT2D eigenvalue weighted by Crippen LogP contribution is -2.31. The van der Waals surface area contributed by atoms with Crippen LogP contribution in [0.3, 0.4) is 0 Å². The van der Waals surface area contributed by atoms with Crippen LogP contribution in [0, 0.1) is 23.4 Å². The minimum absolute atomic E-state index is 0.0628. The van der Waals surface area contributed by atoms with Crippen LogP contribution in [0.1, 0.15) is 48.2 Å². The van der Waals surface area contributed by atoms with Gasteiger partial charge in [-0.1, -0.05) is 6.92 Å². The fraction of sp³-hybridized carbons (Fsp3) is 0.250. The van der Waals surface area contributed by atoms with Gasteiger partial charge in [-0.3, -0.25) is 9.78 Å². The molecule has 38 heavy (non-hydrogen) atoms. The average Bonchev–Trinajstić information content (AvgIpc) is 2.89. The van der Waals surface area contributed by atoms with E-state index in [0.29, 0.717) is 17.2 Å². The molecule has 7 nitrogen and oxygen atoms in total. The summed E-state index contributed by atoms with van der Waals surface area (Å²) in [6, 6.07) is 7.69. The summed E-state index contributed by atoms with van der Waals surface area (Å²) in [5.74, 6) is -3.11. The topological polar surface area (TPSA) is 107 Å². The van der Waals surface area contributed by atoms with E-state index >= 15 is 8.78 Å². The first-order chi connectivity index (χ1) is 18.3. The molecule has 5 rings (SSSR count). The summed E-state index contributed by atoms with van der Waals surface area (Å²) in [6.07, 6.45) is 8.57. The number of carbonyl (C=O) groups is 1. The number of carbonyl (C=O) groups excluding carboxylic acids is 1. The smallest absolute Gasteiger partial charge is 0.274 e. The second-order valence-corrected chi connectivity index (χ2v) is 9.66. The van der Waals surface area contributed by atoms with Gasteiger partial charge in [-0.05, 0) is 78.6 Å². The maximum Gasteiger partial charge on any atom is 0.274 e. The number of nitrogens with two attached hydrogens (primary N) is 1. The zero-order valence-corrected chi connectivity index (χ0v) is 20.5. The third kappa shape index (κ3) is 5.26. The predicted molar refractivity (Wildman–Crippen MR) is 136 cm³/mol. The summed E-state index contributed by atoms with van der Waals surface area (Å²) in [6.45, 7) is 2.15. The van der Waals surface area contributed by atoms with Crippen molar-refractivity contribution in [2.24, 2.45) is 11.7 Å². The first kappa shape index (κ1) is 25.5. The van der Waals surface area contributed by atoms with Crippen molar-refractivity contribution in [3.63, 3.8) is 0 Å². The molecule has 0 spiro atoms. The summed E-state index contributed by atoms with van der Waals surface area (Å²) in [5, 5.41) is 10.1. The van der Waals surface area contributed by atoms with Crippen LogP contribution in [0.5, 0.6) is 0 Å². The number of aromatic nitrogens is 4. The number of benzene rings is 1. The molecular formula is C28H25F3N6O. The van der Waals surface area contributed by atoms with E-state index in [-0.39, 0.29) is 23.2 Å². The molecule has 1 aromatic carbocycles. The lowest BCUT2D eigenvalue weighted by atomic mass is 9.76. The predicted octanol–water partition coefficient (Wildman–Crippen LogP) is 5.50. The van der Waals surface area contributed by atoms with Gasteiger partial charge < -0.3 is 11.1 Å². The Hall–Kier alpha value is -4.18. The van der Waals surface area contributed by atoms with Gasteiger partial charge in [0.25, 0.3) is 5.91 Å². The molecule has 3 atom stereocenters. The minimum Gasteiger partial charge on any atom is -0.328 e. The number of nitrogens with one attached hydrogen (secondary N) is 1. The van der Waals surface area contributed by atoms with Gasteiger partial charge in [0.15, 0.2) is 0 Å². The van der Waals surface area contributed by atoms with Crippen LogP contribution in [-0.4, -0.2) is 32.1 Å². The molecule has 1 amide bonds. The molecule has 194 valence electrons. The quantitative estimate of drug-likeness (QED) is 0.361. The Labute approximate surface area is 217 Å². The third-order valence-electron chi connectivity index (χ3n) is 6.80. The van der Waals surface area contributed by atoms with E-state index in [1.807, 2.05) is 6.07 Å². The zero-order valence-electron chi connectivity index (χ0n) is 20.5. The van der Waals surface area contributed by atoms with Crippen molar-refractivity contribution in [1.82, 2.24) is 20.2 Å². The van der Waals surface area contributed by atoms with E-state index in [1.54, 1.807) is 12.3 Å². The van der Waals surface area contributed by atoms with Gasteiger partial charge >= 0.3 is 0 Å². The summed E-state index contributed by atoms with van der Waals surface area (Å²) >= 11 is 0. The second kappa shape index (κ2) is 10.7. The van der Waals surface area contributed by atoms with E-state index in [4.69, 9.17) is 5.73 Å². The lowest BCUT2D eigenvalue weighted by molar-refractivity contribution is 0.102. The van der Waals surface area contributed by atoms with Gasteiger partial charge in [0.05, 0.1) is 29.8 Å². The van der Waals surface area contributed by atoms with Gasteiger partial charge in [-0.2, -0.15) is 10.2 Å². The Bertz CT molecular complexity index is 1450. The molecule has 3 aromatic heterocycles. The standard InChI is InChI=1S/C28H25F3N6O/c1-15-8-18(10-19(32)9-15)20-5-6-33-14-25(20)37-28(38)24-3-2-21(29)27(36-24)26-22(30)11-17(12-23(26)31)16-4-7-34-35-13-16/h2-7,11-15,18-19H,8-10,32H2,1H3,(H,37,38)/t15-,18+,19+/m0/s1. The molecule has 1 saturated carbocycles. The normalized spacial score (nSPS) is 19.2. The summed E-state index contributed by atoms with van der Waals surface area (Å²) in [4.78, 5) is 21.3. The number of nitrogens with zero attached hydrogens (tertiary/aromatic N) is 4. The first-order valence-corrected chi connectivity index (χ1v) is 12.2. The van der Waals surface area contributed by atoms with Crippen LogP contribution in [0.25, 0.3) is 22.4 Å². The number of rotatable bonds is 5. The Kier molecular flexibility index (Phi) is 7.15. The van der Waals surface area contributed by atoms with Crippen molar-refractivity contribution >= 4 is 11.6 Å². The monoisotopic (exact) mass is 518 g/mol. The molecule has 0 bridgehead atoms. The molecular weight excluding hydrogens is 493 g/mol. The number of hydrogen-bond acceptors (Lipinski definition) is 6. The number of anilines is 1. The molecule has 1 aliphatic rings. The van der Waals surface area contributed by atoms with E-state index in [1.165, 1.54) is 18.6 Å². The summed E-state index contributed by atoms with van der Waals surface area (Å²) in [5.41, 5.74) is 6.78. The van der Waals surface area contributed by atoms with Crippen molar-refractivity contribution in [3.05, 3.63) is 89.9 Å². The number of halogens is 3. The van der Waals surface area contributed by atoms with Gasteiger partial charge in [0, 0.05) is 17.8 Å². The van der Waals surface area contributed by atoms with Gasteiger partial charge in [-0.25, -0.2) is 18.2 Å². The molecule has 4 aromatic rings. The highest BCUT2D eigenvalue weighted by Crippen LogP contribution is 2.38. The SMILES string of the molecule is C[C@@H]1C[C@@H](N)C[C@H](c2ccncc2NC(=O)c2ccc(F)c(-c3c(F)cc(-c4ccnnc4)cc3F)n2)C1.